The topological polar surface area (TPSA) is 50.1 Å². The van der Waals surface area contributed by atoms with Crippen molar-refractivity contribution in [3.05, 3.63) is 70.8 Å². The van der Waals surface area contributed by atoms with E-state index in [9.17, 15) is 4.39 Å². The maximum absolute atomic E-state index is 14.2. The average Bonchev–Trinajstić information content (AvgIpc) is 3.20. The predicted octanol–water partition coefficient (Wildman–Crippen LogP) is 3.96. The summed E-state index contributed by atoms with van der Waals surface area (Å²) in [6, 6.07) is 14.7. The van der Waals surface area contributed by atoms with Crippen molar-refractivity contribution in [2.24, 2.45) is 0 Å². The third-order valence-corrected chi connectivity index (χ3v) is 5.67. The number of hydrogen-bond acceptors (Lipinski definition) is 5. The molecule has 152 valence electrons. The van der Waals surface area contributed by atoms with Gasteiger partial charge in [0.2, 0.25) is 0 Å². The van der Waals surface area contributed by atoms with Crippen LogP contribution in [0.5, 0.6) is 0 Å². The molecular weight excluding hydrogens is 391 g/mol. The fourth-order valence-corrected chi connectivity index (χ4v) is 4.11. The molecule has 1 aliphatic heterocycles. The summed E-state index contributed by atoms with van der Waals surface area (Å²) in [6.07, 6.45) is 0. The van der Waals surface area contributed by atoms with Crippen molar-refractivity contribution in [3.8, 4) is 0 Å². The molecule has 4 rings (SSSR count). The molecule has 0 saturated carbocycles. The summed E-state index contributed by atoms with van der Waals surface area (Å²) in [7, 11) is 0. The lowest BCUT2D eigenvalue weighted by Gasteiger charge is -2.40. The highest BCUT2D eigenvalue weighted by Gasteiger charge is 2.32. The van der Waals surface area contributed by atoms with Crippen LogP contribution >= 0.6 is 11.6 Å². The number of para-hydroxylation sites is 1. The molecule has 1 saturated heterocycles. The summed E-state index contributed by atoms with van der Waals surface area (Å²) >= 11 is 6.57. The van der Waals surface area contributed by atoms with E-state index in [1.807, 2.05) is 41.1 Å². The summed E-state index contributed by atoms with van der Waals surface area (Å²) < 4.78 is 16.1. The molecule has 0 spiro atoms. The number of tetrazole rings is 1. The SMILES string of the molecule is CC(C)n1nnnc1[C@@H](c1ccccc1Cl)N1CCN(c2ccccc2F)CC1. The van der Waals surface area contributed by atoms with Gasteiger partial charge in [-0.1, -0.05) is 41.9 Å². The van der Waals surface area contributed by atoms with Crippen LogP contribution in [0.3, 0.4) is 0 Å². The number of nitrogens with zero attached hydrogens (tertiary/aromatic N) is 6. The first-order valence-corrected chi connectivity index (χ1v) is 10.2. The molecule has 8 heteroatoms. The van der Waals surface area contributed by atoms with E-state index in [-0.39, 0.29) is 17.9 Å². The summed E-state index contributed by atoms with van der Waals surface area (Å²) in [5, 5.41) is 13.1. The highest BCUT2D eigenvalue weighted by atomic mass is 35.5. The van der Waals surface area contributed by atoms with Crippen molar-refractivity contribution in [1.29, 1.82) is 0 Å². The fraction of sp³-hybridized carbons (Fsp3) is 0.381. The van der Waals surface area contributed by atoms with Gasteiger partial charge in [0.25, 0.3) is 0 Å². The van der Waals surface area contributed by atoms with Gasteiger partial charge in [0, 0.05) is 31.2 Å². The van der Waals surface area contributed by atoms with Crippen molar-refractivity contribution in [1.82, 2.24) is 25.1 Å². The van der Waals surface area contributed by atoms with E-state index < -0.39 is 0 Å². The van der Waals surface area contributed by atoms with Gasteiger partial charge in [0.15, 0.2) is 5.82 Å². The van der Waals surface area contributed by atoms with Crippen LogP contribution in [-0.2, 0) is 0 Å². The summed E-state index contributed by atoms with van der Waals surface area (Å²) in [5.74, 6) is 0.583. The van der Waals surface area contributed by atoms with Crippen LogP contribution in [0.2, 0.25) is 5.02 Å². The first-order chi connectivity index (χ1) is 14.1. The maximum Gasteiger partial charge on any atom is 0.173 e. The molecule has 2 heterocycles. The Labute approximate surface area is 174 Å². The van der Waals surface area contributed by atoms with Crippen molar-refractivity contribution >= 4 is 17.3 Å². The van der Waals surface area contributed by atoms with Crippen LogP contribution in [0.4, 0.5) is 10.1 Å². The third-order valence-electron chi connectivity index (χ3n) is 5.32. The number of benzene rings is 2. The Morgan fingerprint density at radius 2 is 1.66 bits per heavy atom. The van der Waals surface area contributed by atoms with Crippen molar-refractivity contribution < 1.29 is 4.39 Å². The van der Waals surface area contributed by atoms with Gasteiger partial charge in [0.1, 0.15) is 5.82 Å². The first kappa shape index (κ1) is 19.8. The number of hydrogen-bond donors (Lipinski definition) is 0. The highest BCUT2D eigenvalue weighted by Crippen LogP contribution is 2.34. The quantitative estimate of drug-likeness (QED) is 0.632. The van der Waals surface area contributed by atoms with Crippen molar-refractivity contribution in [2.45, 2.75) is 25.9 Å². The number of rotatable bonds is 5. The number of aromatic nitrogens is 4. The normalized spacial score (nSPS) is 16.4. The van der Waals surface area contributed by atoms with Gasteiger partial charge >= 0.3 is 0 Å². The molecule has 1 atom stereocenters. The van der Waals surface area contributed by atoms with E-state index in [0.717, 1.165) is 24.5 Å². The second-order valence-corrected chi connectivity index (χ2v) is 7.88. The van der Waals surface area contributed by atoms with Gasteiger partial charge in [-0.25, -0.2) is 9.07 Å². The van der Waals surface area contributed by atoms with Gasteiger partial charge in [0.05, 0.1) is 17.8 Å². The van der Waals surface area contributed by atoms with Crippen LogP contribution in [0.25, 0.3) is 0 Å². The van der Waals surface area contributed by atoms with E-state index in [1.54, 1.807) is 6.07 Å². The number of piperazine rings is 1. The van der Waals surface area contributed by atoms with Gasteiger partial charge in [-0.15, -0.1) is 5.10 Å². The lowest BCUT2D eigenvalue weighted by atomic mass is 10.0. The van der Waals surface area contributed by atoms with E-state index in [2.05, 4.69) is 39.2 Å². The van der Waals surface area contributed by atoms with Crippen LogP contribution in [0, 0.1) is 5.82 Å². The zero-order valence-corrected chi connectivity index (χ0v) is 17.3. The predicted molar refractivity (Wildman–Crippen MR) is 112 cm³/mol. The van der Waals surface area contributed by atoms with Gasteiger partial charge in [-0.3, -0.25) is 4.90 Å². The molecule has 2 aromatic carbocycles. The summed E-state index contributed by atoms with van der Waals surface area (Å²) in [5.41, 5.74) is 1.62. The van der Waals surface area contributed by atoms with Gasteiger partial charge < -0.3 is 4.90 Å². The monoisotopic (exact) mass is 414 g/mol. The molecule has 1 aliphatic rings. The minimum Gasteiger partial charge on any atom is -0.367 e. The van der Waals surface area contributed by atoms with Gasteiger partial charge in [-0.2, -0.15) is 0 Å². The molecule has 0 aliphatic carbocycles. The van der Waals surface area contributed by atoms with Crippen molar-refractivity contribution in [2.75, 3.05) is 31.1 Å². The Hall–Kier alpha value is -2.51. The first-order valence-electron chi connectivity index (χ1n) is 9.82. The second-order valence-electron chi connectivity index (χ2n) is 7.47. The molecule has 0 radical (unpaired) electrons. The molecule has 0 N–H and O–H groups in total. The molecular formula is C21H24ClFN6. The highest BCUT2D eigenvalue weighted by molar-refractivity contribution is 6.31. The summed E-state index contributed by atoms with van der Waals surface area (Å²) in [4.78, 5) is 4.41. The van der Waals surface area contributed by atoms with Crippen LogP contribution in [0.15, 0.2) is 48.5 Å². The lowest BCUT2D eigenvalue weighted by molar-refractivity contribution is 0.198. The van der Waals surface area contributed by atoms with E-state index in [1.165, 1.54) is 6.07 Å². The zero-order valence-electron chi connectivity index (χ0n) is 16.5. The Balaban J connectivity index is 1.64. The minimum absolute atomic E-state index is 0.129. The Morgan fingerprint density at radius 1 is 0.966 bits per heavy atom. The smallest absolute Gasteiger partial charge is 0.173 e. The molecule has 1 fully saturated rings. The lowest BCUT2D eigenvalue weighted by Crippen LogP contribution is -2.48. The number of halogens is 2. The Bertz CT molecular complexity index is 967. The third kappa shape index (κ3) is 3.97. The average molecular weight is 415 g/mol. The van der Waals surface area contributed by atoms with Crippen molar-refractivity contribution in [3.63, 3.8) is 0 Å². The molecule has 6 nitrogen and oxygen atoms in total. The van der Waals surface area contributed by atoms with E-state index >= 15 is 0 Å². The van der Waals surface area contributed by atoms with E-state index in [0.29, 0.717) is 23.8 Å². The molecule has 0 amide bonds. The molecule has 0 bridgehead atoms. The molecule has 1 aromatic heterocycles. The molecule has 3 aromatic rings. The zero-order chi connectivity index (χ0) is 20.4. The largest absolute Gasteiger partial charge is 0.367 e. The Kier molecular flexibility index (Phi) is 5.78. The van der Waals surface area contributed by atoms with Gasteiger partial charge in [-0.05, 0) is 48.0 Å². The van der Waals surface area contributed by atoms with Crippen LogP contribution < -0.4 is 4.90 Å². The Morgan fingerprint density at radius 3 is 2.34 bits per heavy atom. The molecule has 29 heavy (non-hydrogen) atoms. The second kappa shape index (κ2) is 8.47. The van der Waals surface area contributed by atoms with Crippen LogP contribution in [0.1, 0.15) is 37.3 Å². The van der Waals surface area contributed by atoms with E-state index in [4.69, 9.17) is 11.6 Å². The molecule has 0 unspecified atom stereocenters. The van der Waals surface area contributed by atoms with Crippen LogP contribution in [-0.4, -0.2) is 51.3 Å². The fourth-order valence-electron chi connectivity index (χ4n) is 3.87. The standard InChI is InChI=1S/C21H24ClFN6/c1-15(2)29-21(24-25-26-29)20(16-7-3-4-8-17(16)22)28-13-11-27(12-14-28)19-10-6-5-9-18(19)23/h3-10,15,20H,11-14H2,1-2H3/t20-/m1/s1. The number of anilines is 1. The maximum atomic E-state index is 14.2. The summed E-state index contributed by atoms with van der Waals surface area (Å²) in [6.45, 7) is 7.03. The minimum atomic E-state index is -0.188.